The van der Waals surface area contributed by atoms with Crippen molar-refractivity contribution in [3.8, 4) is 0 Å². The number of morpholine rings is 1. The maximum atomic E-state index is 13.0. The summed E-state index contributed by atoms with van der Waals surface area (Å²) in [4.78, 5) is 18.9. The summed E-state index contributed by atoms with van der Waals surface area (Å²) < 4.78 is 24.6. The number of rotatable bonds is 4. The Kier molecular flexibility index (Phi) is 5.02. The summed E-state index contributed by atoms with van der Waals surface area (Å²) in [6.07, 6.45) is 6.21. The third kappa shape index (κ3) is 3.80. The number of hydrogen-bond acceptors (Lipinski definition) is 4. The number of halogens is 1. The summed E-state index contributed by atoms with van der Waals surface area (Å²) in [5, 5.41) is 0. The van der Waals surface area contributed by atoms with E-state index in [0.29, 0.717) is 37.8 Å². The maximum absolute atomic E-state index is 13.0. The van der Waals surface area contributed by atoms with E-state index in [-0.39, 0.29) is 23.7 Å². The summed E-state index contributed by atoms with van der Waals surface area (Å²) in [5.74, 6) is 1.37. The van der Waals surface area contributed by atoms with E-state index in [0.717, 1.165) is 31.2 Å². The quantitative estimate of drug-likeness (QED) is 0.839. The fraction of sp³-hybridized carbons (Fsp3) is 0.500. The second-order valence-corrected chi connectivity index (χ2v) is 7.09. The number of hydrogen-bond donors (Lipinski definition) is 0. The number of carbonyl (C=O) groups excluding carboxylic acids is 1. The van der Waals surface area contributed by atoms with Gasteiger partial charge in [-0.15, -0.1) is 0 Å². The van der Waals surface area contributed by atoms with Crippen LogP contribution in [0.1, 0.15) is 49.0 Å². The van der Waals surface area contributed by atoms with Crippen LogP contribution in [0.2, 0.25) is 0 Å². The zero-order chi connectivity index (χ0) is 17.9. The topological polar surface area (TPSA) is 55.6 Å². The number of benzene rings is 1. The molecule has 26 heavy (non-hydrogen) atoms. The fourth-order valence-corrected chi connectivity index (χ4v) is 3.79. The molecule has 0 N–H and O–H groups in total. The normalized spacial score (nSPS) is 21.3. The van der Waals surface area contributed by atoms with Crippen molar-refractivity contribution in [3.63, 3.8) is 0 Å². The van der Waals surface area contributed by atoms with Gasteiger partial charge in [0.2, 0.25) is 11.8 Å². The van der Waals surface area contributed by atoms with Gasteiger partial charge < -0.3 is 14.1 Å². The highest BCUT2D eigenvalue weighted by Crippen LogP contribution is 2.29. The van der Waals surface area contributed by atoms with Gasteiger partial charge in [0, 0.05) is 18.9 Å². The number of amides is 1. The Morgan fingerprint density at radius 3 is 2.77 bits per heavy atom. The summed E-state index contributed by atoms with van der Waals surface area (Å²) >= 11 is 0. The zero-order valence-corrected chi connectivity index (χ0v) is 14.7. The number of aromatic nitrogens is 1. The first-order valence-corrected chi connectivity index (χ1v) is 9.28. The molecule has 1 aliphatic heterocycles. The van der Waals surface area contributed by atoms with Crippen LogP contribution < -0.4 is 0 Å². The number of oxazole rings is 1. The first kappa shape index (κ1) is 17.2. The summed E-state index contributed by atoms with van der Waals surface area (Å²) in [5.41, 5.74) is 0.955. The molecule has 1 amide bonds. The number of nitrogens with zero attached hydrogens (tertiary/aromatic N) is 2. The molecule has 1 unspecified atom stereocenters. The van der Waals surface area contributed by atoms with Crippen molar-refractivity contribution >= 4 is 5.91 Å². The molecule has 1 aromatic carbocycles. The van der Waals surface area contributed by atoms with E-state index < -0.39 is 0 Å². The fourth-order valence-electron chi connectivity index (χ4n) is 3.79. The average molecular weight is 358 g/mol. The lowest BCUT2D eigenvalue weighted by molar-refractivity contribution is -0.144. The molecule has 1 aromatic heterocycles. The molecule has 5 nitrogen and oxygen atoms in total. The van der Waals surface area contributed by atoms with Crippen LogP contribution in [0.3, 0.4) is 0 Å². The molecule has 1 saturated heterocycles. The molecular formula is C20H23FN2O3. The lowest BCUT2D eigenvalue weighted by Gasteiger charge is -2.33. The van der Waals surface area contributed by atoms with Gasteiger partial charge >= 0.3 is 0 Å². The van der Waals surface area contributed by atoms with Crippen molar-refractivity contribution in [1.29, 1.82) is 0 Å². The van der Waals surface area contributed by atoms with Gasteiger partial charge in [0.1, 0.15) is 11.6 Å². The highest BCUT2D eigenvalue weighted by atomic mass is 19.1. The van der Waals surface area contributed by atoms with Crippen molar-refractivity contribution < 1.29 is 18.3 Å². The van der Waals surface area contributed by atoms with Gasteiger partial charge in [0.15, 0.2) is 6.10 Å². The van der Waals surface area contributed by atoms with Crippen LogP contribution in [0.4, 0.5) is 4.39 Å². The molecule has 138 valence electrons. The van der Waals surface area contributed by atoms with Gasteiger partial charge in [-0.05, 0) is 30.5 Å². The molecular weight excluding hydrogens is 335 g/mol. The van der Waals surface area contributed by atoms with E-state index in [2.05, 4.69) is 4.98 Å². The van der Waals surface area contributed by atoms with Crippen LogP contribution >= 0.6 is 0 Å². The van der Waals surface area contributed by atoms with Crippen molar-refractivity contribution in [2.24, 2.45) is 5.92 Å². The van der Waals surface area contributed by atoms with Gasteiger partial charge in [-0.3, -0.25) is 4.79 Å². The Bertz CT molecular complexity index is 753. The van der Waals surface area contributed by atoms with Crippen LogP contribution in [-0.2, 0) is 16.0 Å². The number of ether oxygens (including phenoxy) is 1. The minimum atomic E-state index is -0.323. The molecule has 2 fully saturated rings. The smallest absolute Gasteiger partial charge is 0.225 e. The van der Waals surface area contributed by atoms with Crippen molar-refractivity contribution in [1.82, 2.24) is 9.88 Å². The van der Waals surface area contributed by atoms with Crippen LogP contribution in [0, 0.1) is 11.7 Å². The Labute approximate surface area is 152 Å². The molecule has 4 rings (SSSR count). The Morgan fingerprint density at radius 2 is 2.00 bits per heavy atom. The lowest BCUT2D eigenvalue weighted by Crippen LogP contribution is -2.44. The van der Waals surface area contributed by atoms with Gasteiger partial charge in [-0.2, -0.15) is 0 Å². The summed E-state index contributed by atoms with van der Waals surface area (Å²) in [7, 11) is 0. The van der Waals surface area contributed by atoms with Crippen LogP contribution in [0.5, 0.6) is 0 Å². The minimum absolute atomic E-state index is 0.173. The van der Waals surface area contributed by atoms with E-state index in [9.17, 15) is 9.18 Å². The highest BCUT2D eigenvalue weighted by molar-refractivity contribution is 5.79. The van der Waals surface area contributed by atoms with Crippen LogP contribution in [0.25, 0.3) is 0 Å². The highest BCUT2D eigenvalue weighted by Gasteiger charge is 2.33. The van der Waals surface area contributed by atoms with Crippen molar-refractivity contribution in [2.75, 3.05) is 19.7 Å². The second kappa shape index (κ2) is 7.58. The van der Waals surface area contributed by atoms with E-state index in [1.807, 2.05) is 4.90 Å². The Balaban J connectivity index is 1.40. The Hall–Kier alpha value is -2.21. The van der Waals surface area contributed by atoms with Crippen molar-refractivity contribution in [2.45, 2.75) is 38.2 Å². The largest absolute Gasteiger partial charge is 0.442 e. The van der Waals surface area contributed by atoms with Gasteiger partial charge in [-0.1, -0.05) is 25.0 Å². The molecule has 2 heterocycles. The van der Waals surface area contributed by atoms with Crippen molar-refractivity contribution in [3.05, 3.63) is 53.5 Å². The molecule has 0 bridgehead atoms. The Morgan fingerprint density at radius 1 is 1.23 bits per heavy atom. The molecule has 0 spiro atoms. The lowest BCUT2D eigenvalue weighted by atomic mass is 10.1. The second-order valence-electron chi connectivity index (χ2n) is 7.09. The van der Waals surface area contributed by atoms with Gasteiger partial charge in [0.25, 0.3) is 0 Å². The standard InChI is InChI=1S/C20H23FN2O3/c21-16-7-5-14(6-8-16)11-17-12-22-19(26-17)18-13-23(9-10-25-18)20(24)15-3-1-2-4-15/h5-8,12,15,18H,1-4,9-11,13H2. The van der Waals surface area contributed by atoms with E-state index in [1.54, 1.807) is 18.3 Å². The van der Waals surface area contributed by atoms with Gasteiger partial charge in [0.05, 0.1) is 19.3 Å². The molecule has 2 aromatic rings. The predicted molar refractivity (Wildman–Crippen MR) is 92.9 cm³/mol. The van der Waals surface area contributed by atoms with Crippen LogP contribution in [-0.4, -0.2) is 35.5 Å². The molecule has 1 atom stereocenters. The van der Waals surface area contributed by atoms with E-state index >= 15 is 0 Å². The average Bonchev–Trinajstić information content (AvgIpc) is 3.35. The maximum Gasteiger partial charge on any atom is 0.225 e. The zero-order valence-electron chi connectivity index (χ0n) is 14.7. The summed E-state index contributed by atoms with van der Waals surface area (Å²) in [6, 6.07) is 6.33. The predicted octanol–water partition coefficient (Wildman–Crippen LogP) is 3.49. The monoisotopic (exact) mass is 358 g/mol. The molecule has 1 aliphatic carbocycles. The van der Waals surface area contributed by atoms with E-state index in [1.165, 1.54) is 12.1 Å². The molecule has 6 heteroatoms. The van der Waals surface area contributed by atoms with Gasteiger partial charge in [-0.25, -0.2) is 9.37 Å². The van der Waals surface area contributed by atoms with Crippen LogP contribution in [0.15, 0.2) is 34.9 Å². The summed E-state index contributed by atoms with van der Waals surface area (Å²) in [6.45, 7) is 1.62. The molecule has 0 radical (unpaired) electrons. The minimum Gasteiger partial charge on any atom is -0.442 e. The number of carbonyl (C=O) groups is 1. The van der Waals surface area contributed by atoms with E-state index in [4.69, 9.17) is 9.15 Å². The third-order valence-electron chi connectivity index (χ3n) is 5.22. The molecule has 2 aliphatic rings. The first-order chi connectivity index (χ1) is 12.7. The SMILES string of the molecule is O=C(C1CCCC1)N1CCOC(c2ncc(Cc3ccc(F)cc3)o2)C1. The third-order valence-corrected chi connectivity index (χ3v) is 5.22. The molecule has 1 saturated carbocycles. The first-order valence-electron chi connectivity index (χ1n) is 9.28.